The van der Waals surface area contributed by atoms with Gasteiger partial charge in [-0.15, -0.1) is 0 Å². The van der Waals surface area contributed by atoms with Gasteiger partial charge in [-0.3, -0.25) is 15.0 Å². The smallest absolute Gasteiger partial charge is 0.325 e. The average molecular weight is 385 g/mol. The van der Waals surface area contributed by atoms with Crippen LogP contribution in [0.3, 0.4) is 0 Å². The Balaban J connectivity index is 1.85. The zero-order valence-electron chi connectivity index (χ0n) is 17.0. The van der Waals surface area contributed by atoms with E-state index in [4.69, 9.17) is 9.47 Å². The normalized spacial score (nSPS) is 10.5. The highest BCUT2D eigenvalue weighted by Crippen LogP contribution is 2.24. The zero-order chi connectivity index (χ0) is 20.7. The Bertz CT molecular complexity index is 811. The monoisotopic (exact) mass is 385 g/mol. The molecule has 0 saturated carbocycles. The minimum atomic E-state index is -0.570. The molecule has 0 spiro atoms. The fraction of sp³-hybridized carbons (Fsp3) is 0.333. The van der Waals surface area contributed by atoms with Crippen LogP contribution in [0.4, 0.5) is 10.5 Å². The highest BCUT2D eigenvalue weighted by Gasteiger charge is 2.12. The first kappa shape index (κ1) is 21.2. The van der Waals surface area contributed by atoms with Gasteiger partial charge < -0.3 is 14.8 Å². The van der Waals surface area contributed by atoms with Crippen LogP contribution in [0.5, 0.6) is 11.5 Å². The molecule has 0 radical (unpaired) electrons. The van der Waals surface area contributed by atoms with Gasteiger partial charge in [0.05, 0.1) is 20.8 Å². The largest absolute Gasteiger partial charge is 0.497 e. The number of urea groups is 1. The lowest BCUT2D eigenvalue weighted by molar-refractivity contribution is -0.120. The van der Waals surface area contributed by atoms with Crippen molar-refractivity contribution in [1.29, 1.82) is 0 Å². The minimum Gasteiger partial charge on any atom is -0.497 e. The van der Waals surface area contributed by atoms with E-state index in [1.807, 2.05) is 37.9 Å². The molecule has 0 aliphatic rings. The number of carbonyl (C=O) groups excluding carboxylic acids is 2. The average Bonchev–Trinajstić information content (AvgIpc) is 2.61. The second kappa shape index (κ2) is 9.75. The number of carbonyl (C=O) groups is 2. The van der Waals surface area contributed by atoms with Crippen molar-refractivity contribution >= 4 is 17.6 Å². The molecule has 7 heteroatoms. The van der Waals surface area contributed by atoms with Gasteiger partial charge in [-0.1, -0.05) is 12.1 Å². The molecule has 0 saturated heterocycles. The number of imide groups is 1. The van der Waals surface area contributed by atoms with Crippen molar-refractivity contribution in [2.45, 2.75) is 20.4 Å². The van der Waals surface area contributed by atoms with Crippen molar-refractivity contribution in [3.63, 3.8) is 0 Å². The van der Waals surface area contributed by atoms with Crippen LogP contribution in [0.1, 0.15) is 16.7 Å². The predicted molar refractivity (Wildman–Crippen MR) is 109 cm³/mol. The Hall–Kier alpha value is -3.06. The molecule has 2 N–H and O–H groups in total. The molecule has 0 fully saturated rings. The number of methoxy groups -OCH3 is 2. The van der Waals surface area contributed by atoms with Gasteiger partial charge >= 0.3 is 6.03 Å². The molecule has 0 aliphatic carbocycles. The standard InChI is InChI=1S/C21H27N3O4/c1-14-10-16(11-15(2)20(14)28-5)12-24(3)13-19(25)23-21(26)22-17-6-8-18(27-4)9-7-17/h6-11H,12-13H2,1-5H3,(H2,22,23,25,26). The van der Waals surface area contributed by atoms with E-state index < -0.39 is 6.03 Å². The summed E-state index contributed by atoms with van der Waals surface area (Å²) in [5.74, 6) is 1.18. The zero-order valence-corrected chi connectivity index (χ0v) is 17.0. The second-order valence-corrected chi connectivity index (χ2v) is 6.67. The van der Waals surface area contributed by atoms with E-state index >= 15 is 0 Å². The quantitative estimate of drug-likeness (QED) is 0.766. The maximum absolute atomic E-state index is 12.1. The molecular formula is C21H27N3O4. The van der Waals surface area contributed by atoms with Crippen molar-refractivity contribution in [3.8, 4) is 11.5 Å². The number of rotatable bonds is 7. The van der Waals surface area contributed by atoms with Crippen LogP contribution in [0, 0.1) is 13.8 Å². The van der Waals surface area contributed by atoms with Crippen molar-refractivity contribution in [2.24, 2.45) is 0 Å². The van der Waals surface area contributed by atoms with E-state index in [0.29, 0.717) is 18.0 Å². The van der Waals surface area contributed by atoms with Crippen LogP contribution in [0.15, 0.2) is 36.4 Å². The molecule has 150 valence electrons. The van der Waals surface area contributed by atoms with Gasteiger partial charge in [-0.25, -0.2) is 4.79 Å². The third-order valence-electron chi connectivity index (χ3n) is 4.19. The molecule has 0 atom stereocenters. The van der Waals surface area contributed by atoms with E-state index in [2.05, 4.69) is 10.6 Å². The maximum atomic E-state index is 12.1. The first-order valence-electron chi connectivity index (χ1n) is 8.90. The molecule has 28 heavy (non-hydrogen) atoms. The topological polar surface area (TPSA) is 79.9 Å². The SMILES string of the molecule is COc1ccc(NC(=O)NC(=O)CN(C)Cc2cc(C)c(OC)c(C)c2)cc1. The molecule has 3 amide bonds. The minimum absolute atomic E-state index is 0.0974. The summed E-state index contributed by atoms with van der Waals surface area (Å²) < 4.78 is 10.4. The van der Waals surface area contributed by atoms with Crippen molar-refractivity contribution in [2.75, 3.05) is 33.1 Å². The van der Waals surface area contributed by atoms with Crippen LogP contribution in [0.2, 0.25) is 0 Å². The lowest BCUT2D eigenvalue weighted by Crippen LogP contribution is -2.40. The predicted octanol–water partition coefficient (Wildman–Crippen LogP) is 3.10. The van der Waals surface area contributed by atoms with Gasteiger partial charge in [-0.2, -0.15) is 0 Å². The van der Waals surface area contributed by atoms with Crippen LogP contribution in [-0.4, -0.2) is 44.7 Å². The maximum Gasteiger partial charge on any atom is 0.325 e. The number of ether oxygens (including phenoxy) is 2. The highest BCUT2D eigenvalue weighted by atomic mass is 16.5. The molecule has 0 heterocycles. The molecule has 0 aromatic heterocycles. The van der Waals surface area contributed by atoms with Gasteiger partial charge in [0.1, 0.15) is 11.5 Å². The Labute approximate surface area is 165 Å². The summed E-state index contributed by atoms with van der Waals surface area (Å²) in [5, 5.41) is 4.95. The third kappa shape index (κ3) is 5.99. The summed E-state index contributed by atoms with van der Waals surface area (Å²) >= 11 is 0. The molecule has 7 nitrogen and oxygen atoms in total. The Morgan fingerprint density at radius 1 is 1.00 bits per heavy atom. The first-order chi connectivity index (χ1) is 13.3. The van der Waals surface area contributed by atoms with Crippen LogP contribution in [0.25, 0.3) is 0 Å². The van der Waals surface area contributed by atoms with Gasteiger partial charge in [-0.05, 0) is 61.9 Å². The Kier molecular flexibility index (Phi) is 7.40. The van der Waals surface area contributed by atoms with E-state index in [1.54, 1.807) is 38.5 Å². The van der Waals surface area contributed by atoms with Gasteiger partial charge in [0.15, 0.2) is 0 Å². The second-order valence-electron chi connectivity index (χ2n) is 6.67. The number of anilines is 1. The summed E-state index contributed by atoms with van der Waals surface area (Å²) in [4.78, 5) is 25.9. The fourth-order valence-corrected chi connectivity index (χ4v) is 3.07. The number of hydrogen-bond donors (Lipinski definition) is 2. The van der Waals surface area contributed by atoms with E-state index in [1.165, 1.54) is 0 Å². The molecule has 0 aliphatic heterocycles. The van der Waals surface area contributed by atoms with Gasteiger partial charge in [0, 0.05) is 12.2 Å². The lowest BCUT2D eigenvalue weighted by Gasteiger charge is -2.18. The molecular weight excluding hydrogens is 358 g/mol. The molecule has 2 rings (SSSR count). The number of aryl methyl sites for hydroxylation is 2. The number of nitrogens with one attached hydrogen (secondary N) is 2. The van der Waals surface area contributed by atoms with E-state index in [-0.39, 0.29) is 12.5 Å². The molecule has 0 bridgehead atoms. The van der Waals surface area contributed by atoms with Gasteiger partial charge in [0.25, 0.3) is 0 Å². The van der Waals surface area contributed by atoms with Crippen molar-refractivity contribution < 1.29 is 19.1 Å². The number of benzene rings is 2. The number of hydrogen-bond acceptors (Lipinski definition) is 5. The first-order valence-corrected chi connectivity index (χ1v) is 8.90. The Morgan fingerprint density at radius 3 is 2.14 bits per heavy atom. The Morgan fingerprint density at radius 2 is 1.61 bits per heavy atom. The van der Waals surface area contributed by atoms with Crippen molar-refractivity contribution in [1.82, 2.24) is 10.2 Å². The number of nitrogens with zero attached hydrogens (tertiary/aromatic N) is 1. The summed E-state index contributed by atoms with van der Waals surface area (Å²) in [6, 6.07) is 10.4. The third-order valence-corrected chi connectivity index (χ3v) is 4.19. The summed E-state index contributed by atoms with van der Waals surface area (Å²) in [6.45, 7) is 4.66. The van der Waals surface area contributed by atoms with Crippen molar-refractivity contribution in [3.05, 3.63) is 53.1 Å². The molecule has 2 aromatic rings. The fourth-order valence-electron chi connectivity index (χ4n) is 3.07. The van der Waals surface area contributed by atoms with Gasteiger partial charge in [0.2, 0.25) is 5.91 Å². The summed E-state index contributed by atoms with van der Waals surface area (Å²) in [7, 11) is 5.05. The van der Waals surface area contributed by atoms with Crippen LogP contribution in [-0.2, 0) is 11.3 Å². The van der Waals surface area contributed by atoms with Crippen LogP contribution >= 0.6 is 0 Å². The molecule has 0 unspecified atom stereocenters. The lowest BCUT2D eigenvalue weighted by atomic mass is 10.1. The summed E-state index contributed by atoms with van der Waals surface area (Å²) in [6.07, 6.45) is 0. The van der Waals surface area contributed by atoms with E-state index in [9.17, 15) is 9.59 Å². The molecule has 2 aromatic carbocycles. The number of likely N-dealkylation sites (N-methyl/N-ethyl adjacent to an activating group) is 1. The number of amides is 3. The summed E-state index contributed by atoms with van der Waals surface area (Å²) in [5.41, 5.74) is 3.75. The van der Waals surface area contributed by atoms with E-state index in [0.717, 1.165) is 22.4 Å². The van der Waals surface area contributed by atoms with Crippen LogP contribution < -0.4 is 20.1 Å². The highest BCUT2D eigenvalue weighted by molar-refractivity contribution is 6.01.